The second-order valence-corrected chi connectivity index (χ2v) is 5.35. The van der Waals surface area contributed by atoms with E-state index in [1.165, 1.54) is 11.0 Å². The number of likely N-dealkylation sites (N-methyl/N-ethyl adjacent to an activating group) is 1. The quantitative estimate of drug-likeness (QED) is 0.553. The molecule has 110 valence electrons. The van der Waals surface area contributed by atoms with Gasteiger partial charge in [-0.25, -0.2) is 4.39 Å². The maximum absolute atomic E-state index is 13.7. The summed E-state index contributed by atoms with van der Waals surface area (Å²) >= 11 is 3.14. The molecule has 21 heavy (non-hydrogen) atoms. The zero-order valence-corrected chi connectivity index (χ0v) is 12.6. The van der Waals surface area contributed by atoms with Gasteiger partial charge in [-0.05, 0) is 19.2 Å². The topological polar surface area (TPSA) is 72.9 Å². The van der Waals surface area contributed by atoms with Gasteiger partial charge >= 0.3 is 19.1 Å². The number of carbonyl (C=O) groups is 3. The van der Waals surface area contributed by atoms with Crippen LogP contribution in [0.2, 0.25) is 0 Å². The monoisotopic (exact) mass is 357 g/mol. The first-order valence-corrected chi connectivity index (χ1v) is 6.71. The Morgan fingerprint density at radius 3 is 2.38 bits per heavy atom. The fraction of sp³-hybridized carbons (Fsp3) is 0.250. The van der Waals surface area contributed by atoms with E-state index in [0.29, 0.717) is 10.8 Å². The maximum Gasteiger partial charge on any atom is 0.637 e. The van der Waals surface area contributed by atoms with Crippen molar-refractivity contribution < 1.29 is 28.1 Å². The van der Waals surface area contributed by atoms with Crippen LogP contribution in [-0.4, -0.2) is 50.4 Å². The van der Waals surface area contributed by atoms with Gasteiger partial charge in [0, 0.05) is 9.94 Å². The molecule has 0 spiro atoms. The molecule has 0 bridgehead atoms. The Labute approximate surface area is 128 Å². The summed E-state index contributed by atoms with van der Waals surface area (Å²) in [5.74, 6) is -2.02. The first-order valence-electron chi connectivity index (χ1n) is 5.92. The van der Waals surface area contributed by atoms with Crippen molar-refractivity contribution in [3.05, 3.63) is 28.0 Å². The molecular formula is C12H10BBrFNO5. The molecule has 1 aliphatic heterocycles. The van der Waals surface area contributed by atoms with Crippen LogP contribution in [0.15, 0.2) is 16.6 Å². The van der Waals surface area contributed by atoms with Crippen LogP contribution in [0, 0.1) is 5.82 Å². The Morgan fingerprint density at radius 1 is 1.29 bits per heavy atom. The molecule has 0 N–H and O–H groups in total. The summed E-state index contributed by atoms with van der Waals surface area (Å²) < 4.78 is 24.0. The van der Waals surface area contributed by atoms with E-state index in [4.69, 9.17) is 9.31 Å². The highest BCUT2D eigenvalue weighted by atomic mass is 79.9. The number of hydrogen-bond acceptors (Lipinski definition) is 6. The lowest BCUT2D eigenvalue weighted by Crippen LogP contribution is -2.48. The fourth-order valence-corrected chi connectivity index (χ4v) is 2.36. The highest BCUT2D eigenvalue weighted by Gasteiger charge is 2.36. The zero-order valence-electron chi connectivity index (χ0n) is 11.0. The Kier molecular flexibility index (Phi) is 4.74. The molecular weight excluding hydrogens is 348 g/mol. The van der Waals surface area contributed by atoms with E-state index in [1.807, 2.05) is 0 Å². The minimum Gasteiger partial charge on any atom is -0.494 e. The standard InChI is InChI=1S/C12H10BBrFNO5/c1-16-4-11(18)20-13(21-12(19)5-16)8-3-10(15)7(6-17)2-9(8)14/h2-3,6H,4-5H2,1H3. The molecule has 2 rings (SSSR count). The summed E-state index contributed by atoms with van der Waals surface area (Å²) in [6.45, 7) is -0.170. The van der Waals surface area contributed by atoms with Crippen molar-refractivity contribution in [1.29, 1.82) is 0 Å². The van der Waals surface area contributed by atoms with Crippen molar-refractivity contribution in [2.45, 2.75) is 0 Å². The van der Waals surface area contributed by atoms with E-state index in [1.54, 1.807) is 7.05 Å². The molecule has 0 aromatic heterocycles. The summed E-state index contributed by atoms with van der Waals surface area (Å²) in [6.07, 6.45) is 0.356. The second-order valence-electron chi connectivity index (χ2n) is 4.50. The van der Waals surface area contributed by atoms with Crippen LogP contribution in [0.25, 0.3) is 0 Å². The average molecular weight is 358 g/mol. The second kappa shape index (κ2) is 6.36. The first kappa shape index (κ1) is 15.6. The number of aldehydes is 1. The van der Waals surface area contributed by atoms with E-state index >= 15 is 0 Å². The van der Waals surface area contributed by atoms with E-state index in [0.717, 1.165) is 6.07 Å². The summed E-state index contributed by atoms with van der Waals surface area (Å²) in [5, 5.41) is 0. The molecule has 1 fully saturated rings. The van der Waals surface area contributed by atoms with Gasteiger partial charge in [0.05, 0.1) is 18.7 Å². The number of hydrogen-bond donors (Lipinski definition) is 0. The van der Waals surface area contributed by atoms with Crippen molar-refractivity contribution in [2.75, 3.05) is 20.1 Å². The van der Waals surface area contributed by atoms with Crippen LogP contribution in [-0.2, 0) is 18.9 Å². The summed E-state index contributed by atoms with van der Waals surface area (Å²) in [4.78, 5) is 35.4. The van der Waals surface area contributed by atoms with Crippen molar-refractivity contribution in [3.63, 3.8) is 0 Å². The largest absolute Gasteiger partial charge is 0.637 e. The molecule has 0 radical (unpaired) electrons. The van der Waals surface area contributed by atoms with Crippen molar-refractivity contribution in [2.24, 2.45) is 0 Å². The average Bonchev–Trinajstić information content (AvgIpc) is 2.38. The lowest BCUT2D eigenvalue weighted by Gasteiger charge is -2.23. The van der Waals surface area contributed by atoms with Gasteiger partial charge in [0.1, 0.15) is 5.82 Å². The van der Waals surface area contributed by atoms with Gasteiger partial charge in [0.2, 0.25) is 0 Å². The zero-order chi connectivity index (χ0) is 15.6. The maximum atomic E-state index is 13.7. The third-order valence-corrected chi connectivity index (χ3v) is 3.46. The van der Waals surface area contributed by atoms with Gasteiger partial charge < -0.3 is 9.31 Å². The predicted molar refractivity (Wildman–Crippen MR) is 74.6 cm³/mol. The smallest absolute Gasteiger partial charge is 0.494 e. The van der Waals surface area contributed by atoms with Gasteiger partial charge in [-0.1, -0.05) is 15.9 Å². The molecule has 1 aromatic rings. The minimum atomic E-state index is -1.36. The Morgan fingerprint density at radius 2 is 1.86 bits per heavy atom. The summed E-state index contributed by atoms with van der Waals surface area (Å²) in [5.41, 5.74) is -0.0433. The molecule has 0 saturated carbocycles. The van der Waals surface area contributed by atoms with E-state index in [-0.39, 0.29) is 24.1 Å². The van der Waals surface area contributed by atoms with Crippen molar-refractivity contribution >= 4 is 46.7 Å². The highest BCUT2D eigenvalue weighted by Crippen LogP contribution is 2.15. The lowest BCUT2D eigenvalue weighted by atomic mass is 9.78. The highest BCUT2D eigenvalue weighted by molar-refractivity contribution is 9.10. The molecule has 0 amide bonds. The van der Waals surface area contributed by atoms with Crippen molar-refractivity contribution in [3.8, 4) is 0 Å². The Balaban J connectivity index is 2.35. The van der Waals surface area contributed by atoms with Crippen LogP contribution in [0.1, 0.15) is 10.4 Å². The first-order chi connectivity index (χ1) is 9.90. The van der Waals surface area contributed by atoms with Crippen LogP contribution in [0.4, 0.5) is 4.39 Å². The number of halogens is 2. The van der Waals surface area contributed by atoms with E-state index in [2.05, 4.69) is 15.9 Å². The molecule has 0 atom stereocenters. The summed E-state index contributed by atoms with van der Waals surface area (Å²) in [7, 11) is 0.209. The third-order valence-electron chi connectivity index (χ3n) is 2.77. The van der Waals surface area contributed by atoms with Crippen LogP contribution in [0.5, 0.6) is 0 Å². The number of rotatable bonds is 2. The molecule has 6 nitrogen and oxygen atoms in total. The normalized spacial score (nSPS) is 16.8. The number of carbonyl (C=O) groups excluding carboxylic acids is 3. The van der Waals surface area contributed by atoms with Gasteiger partial charge in [-0.2, -0.15) is 0 Å². The molecule has 1 saturated heterocycles. The lowest BCUT2D eigenvalue weighted by molar-refractivity contribution is -0.145. The molecule has 1 heterocycles. The van der Waals surface area contributed by atoms with Gasteiger partial charge in [0.15, 0.2) is 6.29 Å². The van der Waals surface area contributed by atoms with Gasteiger partial charge in [-0.3, -0.25) is 19.3 Å². The molecule has 0 unspecified atom stereocenters. The number of benzene rings is 1. The van der Waals surface area contributed by atoms with Crippen LogP contribution in [0.3, 0.4) is 0 Å². The van der Waals surface area contributed by atoms with E-state index < -0.39 is 24.9 Å². The molecule has 1 aliphatic rings. The van der Waals surface area contributed by atoms with E-state index in [9.17, 15) is 18.8 Å². The number of nitrogens with zero attached hydrogens (tertiary/aromatic N) is 1. The minimum absolute atomic E-state index is 0.0852. The van der Waals surface area contributed by atoms with Gasteiger partial charge in [0.25, 0.3) is 0 Å². The molecule has 1 aromatic carbocycles. The fourth-order valence-electron chi connectivity index (χ4n) is 1.81. The summed E-state index contributed by atoms with van der Waals surface area (Å²) in [6, 6.07) is 2.22. The Hall–Kier alpha value is -1.74. The molecule has 0 aliphatic carbocycles. The van der Waals surface area contributed by atoms with Gasteiger partial charge in [-0.15, -0.1) is 0 Å². The van der Waals surface area contributed by atoms with Crippen molar-refractivity contribution in [1.82, 2.24) is 4.90 Å². The third kappa shape index (κ3) is 3.67. The van der Waals surface area contributed by atoms with Crippen LogP contribution >= 0.6 is 15.9 Å². The van der Waals surface area contributed by atoms with Crippen LogP contribution < -0.4 is 5.46 Å². The predicted octanol–water partition coefficient (Wildman–Crippen LogP) is 0.128. The Bertz CT molecular complexity index is 592. The SMILES string of the molecule is CN1CC(=O)OB(c2cc(F)c(C=O)cc2Br)OC(=O)C1. The molecule has 9 heteroatoms.